The fourth-order valence-electron chi connectivity index (χ4n) is 3.30. The van der Waals surface area contributed by atoms with Crippen LogP contribution in [0.4, 0.5) is 10.5 Å². The number of ether oxygens (including phenoxy) is 3. The first kappa shape index (κ1) is 20.8. The van der Waals surface area contributed by atoms with Crippen molar-refractivity contribution in [1.82, 2.24) is 10.2 Å². The number of methoxy groups -OCH3 is 2. The van der Waals surface area contributed by atoms with Crippen molar-refractivity contribution < 1.29 is 19.0 Å². The van der Waals surface area contributed by atoms with Crippen molar-refractivity contribution in [3.63, 3.8) is 0 Å². The predicted molar refractivity (Wildman–Crippen MR) is 113 cm³/mol. The topological polar surface area (TPSA) is 63.3 Å². The third-order valence-electron chi connectivity index (χ3n) is 4.97. The first-order chi connectivity index (χ1) is 14.1. The Kier molecular flexibility index (Phi) is 7.19. The number of nitrogens with zero attached hydrogens (tertiary/aromatic N) is 2. The molecule has 2 aromatic carbocycles. The number of rotatable bonds is 8. The highest BCUT2D eigenvalue weighted by Gasteiger charge is 2.22. The Balaban J connectivity index is 1.43. The van der Waals surface area contributed by atoms with Gasteiger partial charge in [0.15, 0.2) is 11.5 Å². The quantitative estimate of drug-likeness (QED) is 0.740. The van der Waals surface area contributed by atoms with E-state index in [0.717, 1.165) is 42.4 Å². The standard InChI is InChI=1S/C22H29N3O4/c1-24(12-10-17-8-9-20(27-2)21(16-17)28-3)13-11-23-22(26)25-14-15-29-19-7-5-4-6-18(19)25/h4-9,16H,10-15H2,1-3H3,(H,23,26). The summed E-state index contributed by atoms with van der Waals surface area (Å²) in [6, 6.07) is 13.5. The van der Waals surface area contributed by atoms with Gasteiger partial charge in [0.1, 0.15) is 12.4 Å². The van der Waals surface area contributed by atoms with Gasteiger partial charge < -0.3 is 24.4 Å². The van der Waals surface area contributed by atoms with Crippen LogP contribution in [-0.2, 0) is 6.42 Å². The summed E-state index contributed by atoms with van der Waals surface area (Å²) in [5, 5.41) is 3.01. The van der Waals surface area contributed by atoms with Crippen molar-refractivity contribution in [2.75, 3.05) is 59.0 Å². The number of amides is 2. The summed E-state index contributed by atoms with van der Waals surface area (Å²) in [5.74, 6) is 2.23. The van der Waals surface area contributed by atoms with Gasteiger partial charge in [-0.05, 0) is 43.3 Å². The minimum Gasteiger partial charge on any atom is -0.493 e. The van der Waals surface area contributed by atoms with Crippen molar-refractivity contribution in [3.05, 3.63) is 48.0 Å². The van der Waals surface area contributed by atoms with E-state index >= 15 is 0 Å². The molecule has 1 aliphatic heterocycles. The third-order valence-corrected chi connectivity index (χ3v) is 4.97. The van der Waals surface area contributed by atoms with E-state index in [2.05, 4.69) is 17.3 Å². The van der Waals surface area contributed by atoms with Crippen LogP contribution in [0.5, 0.6) is 17.2 Å². The van der Waals surface area contributed by atoms with E-state index in [1.165, 1.54) is 5.56 Å². The molecule has 0 radical (unpaired) electrons. The SMILES string of the molecule is COc1ccc(CCN(C)CCNC(=O)N2CCOc3ccccc32)cc1OC. The second-order valence-electron chi connectivity index (χ2n) is 6.94. The smallest absolute Gasteiger partial charge is 0.322 e. The summed E-state index contributed by atoms with van der Waals surface area (Å²) in [5.41, 5.74) is 2.00. The maximum Gasteiger partial charge on any atom is 0.322 e. The summed E-state index contributed by atoms with van der Waals surface area (Å²) in [6.45, 7) is 3.30. The normalized spacial score (nSPS) is 12.9. The molecule has 29 heavy (non-hydrogen) atoms. The number of carbonyl (C=O) groups is 1. The number of hydrogen-bond donors (Lipinski definition) is 1. The Bertz CT molecular complexity index is 827. The number of carbonyl (C=O) groups excluding carboxylic acids is 1. The van der Waals surface area contributed by atoms with Gasteiger partial charge in [0.2, 0.25) is 0 Å². The number of likely N-dealkylation sites (N-methyl/N-ethyl adjacent to an activating group) is 1. The van der Waals surface area contributed by atoms with Crippen LogP contribution in [0.2, 0.25) is 0 Å². The number of fused-ring (bicyclic) bond motifs is 1. The number of anilines is 1. The number of nitrogens with one attached hydrogen (secondary N) is 1. The Hall–Kier alpha value is -2.93. The fourth-order valence-corrected chi connectivity index (χ4v) is 3.30. The van der Waals surface area contributed by atoms with Crippen molar-refractivity contribution in [2.45, 2.75) is 6.42 Å². The van der Waals surface area contributed by atoms with Crippen molar-refractivity contribution in [2.24, 2.45) is 0 Å². The molecule has 0 saturated heterocycles. The summed E-state index contributed by atoms with van der Waals surface area (Å²) >= 11 is 0. The van der Waals surface area contributed by atoms with E-state index in [1.54, 1.807) is 19.1 Å². The van der Waals surface area contributed by atoms with E-state index in [0.29, 0.717) is 19.7 Å². The largest absolute Gasteiger partial charge is 0.493 e. The van der Waals surface area contributed by atoms with Crippen LogP contribution in [0.25, 0.3) is 0 Å². The Morgan fingerprint density at radius 3 is 2.72 bits per heavy atom. The highest BCUT2D eigenvalue weighted by atomic mass is 16.5. The van der Waals surface area contributed by atoms with Crippen LogP contribution in [0.15, 0.2) is 42.5 Å². The molecule has 0 spiro atoms. The molecular weight excluding hydrogens is 370 g/mol. The molecular formula is C22H29N3O4. The van der Waals surface area contributed by atoms with Crippen molar-refractivity contribution in [3.8, 4) is 17.2 Å². The van der Waals surface area contributed by atoms with Crippen LogP contribution in [0.1, 0.15) is 5.56 Å². The van der Waals surface area contributed by atoms with Gasteiger partial charge in [0, 0.05) is 19.6 Å². The number of urea groups is 1. The molecule has 1 heterocycles. The predicted octanol–water partition coefficient (Wildman–Crippen LogP) is 2.79. The van der Waals surface area contributed by atoms with Crippen LogP contribution < -0.4 is 24.4 Å². The van der Waals surface area contributed by atoms with Gasteiger partial charge in [-0.1, -0.05) is 18.2 Å². The summed E-state index contributed by atoms with van der Waals surface area (Å²) in [7, 11) is 5.33. The second kappa shape index (κ2) is 10.0. The molecule has 7 nitrogen and oxygen atoms in total. The summed E-state index contributed by atoms with van der Waals surface area (Å²) in [6.07, 6.45) is 0.891. The van der Waals surface area contributed by atoms with E-state index in [9.17, 15) is 4.79 Å². The minimum atomic E-state index is -0.0889. The summed E-state index contributed by atoms with van der Waals surface area (Å²) in [4.78, 5) is 16.5. The Morgan fingerprint density at radius 1 is 1.14 bits per heavy atom. The Morgan fingerprint density at radius 2 is 1.93 bits per heavy atom. The van der Waals surface area contributed by atoms with Gasteiger partial charge in [-0.15, -0.1) is 0 Å². The second-order valence-corrected chi connectivity index (χ2v) is 6.94. The number of hydrogen-bond acceptors (Lipinski definition) is 5. The molecule has 0 aromatic heterocycles. The average molecular weight is 399 g/mol. The fraction of sp³-hybridized carbons (Fsp3) is 0.409. The maximum atomic E-state index is 12.6. The first-order valence-corrected chi connectivity index (χ1v) is 9.79. The molecule has 0 bridgehead atoms. The highest BCUT2D eigenvalue weighted by Crippen LogP contribution is 2.30. The molecule has 0 aliphatic carbocycles. The molecule has 3 rings (SSSR count). The van der Waals surface area contributed by atoms with Gasteiger partial charge in [-0.3, -0.25) is 4.90 Å². The maximum absolute atomic E-state index is 12.6. The minimum absolute atomic E-state index is 0.0889. The molecule has 0 unspecified atom stereocenters. The monoisotopic (exact) mass is 399 g/mol. The van der Waals surface area contributed by atoms with E-state index < -0.39 is 0 Å². The lowest BCUT2D eigenvalue weighted by Gasteiger charge is -2.29. The van der Waals surface area contributed by atoms with Gasteiger partial charge >= 0.3 is 6.03 Å². The number of para-hydroxylation sites is 2. The lowest BCUT2D eigenvalue weighted by atomic mass is 10.1. The van der Waals surface area contributed by atoms with Gasteiger partial charge in [-0.25, -0.2) is 4.79 Å². The van der Waals surface area contributed by atoms with E-state index in [1.807, 2.05) is 42.5 Å². The van der Waals surface area contributed by atoms with Crippen LogP contribution in [-0.4, -0.2) is 65.0 Å². The molecule has 1 aliphatic rings. The highest BCUT2D eigenvalue weighted by molar-refractivity contribution is 5.94. The molecule has 1 N–H and O–H groups in total. The molecule has 7 heteroatoms. The zero-order valence-corrected chi connectivity index (χ0v) is 17.3. The lowest BCUT2D eigenvalue weighted by molar-refractivity contribution is 0.237. The molecule has 0 atom stereocenters. The Labute approximate surface area is 172 Å². The summed E-state index contributed by atoms with van der Waals surface area (Å²) < 4.78 is 16.2. The zero-order valence-electron chi connectivity index (χ0n) is 17.3. The molecule has 0 saturated carbocycles. The molecule has 2 amide bonds. The van der Waals surface area contributed by atoms with Crippen molar-refractivity contribution in [1.29, 1.82) is 0 Å². The average Bonchev–Trinajstić information content (AvgIpc) is 2.76. The molecule has 156 valence electrons. The third kappa shape index (κ3) is 5.32. The number of benzene rings is 2. The van der Waals surface area contributed by atoms with Gasteiger partial charge in [0.25, 0.3) is 0 Å². The first-order valence-electron chi connectivity index (χ1n) is 9.79. The van der Waals surface area contributed by atoms with Crippen LogP contribution >= 0.6 is 0 Å². The lowest BCUT2D eigenvalue weighted by Crippen LogP contribution is -2.46. The van der Waals surface area contributed by atoms with Gasteiger partial charge in [0.05, 0.1) is 26.5 Å². The van der Waals surface area contributed by atoms with Crippen LogP contribution in [0, 0.1) is 0 Å². The van der Waals surface area contributed by atoms with E-state index in [-0.39, 0.29) is 6.03 Å². The van der Waals surface area contributed by atoms with E-state index in [4.69, 9.17) is 14.2 Å². The van der Waals surface area contributed by atoms with Gasteiger partial charge in [-0.2, -0.15) is 0 Å². The zero-order chi connectivity index (χ0) is 20.6. The van der Waals surface area contributed by atoms with Crippen LogP contribution in [0.3, 0.4) is 0 Å². The van der Waals surface area contributed by atoms with Crippen molar-refractivity contribution >= 4 is 11.7 Å². The molecule has 0 fully saturated rings. The molecule has 2 aromatic rings.